The maximum atomic E-state index is 11.8. The van der Waals surface area contributed by atoms with Gasteiger partial charge in [-0.3, -0.25) is 14.4 Å². The molecule has 0 fully saturated rings. The van der Waals surface area contributed by atoms with Crippen LogP contribution < -0.4 is 0 Å². The van der Waals surface area contributed by atoms with E-state index in [-0.39, 0.29) is 25.0 Å². The minimum absolute atomic E-state index is 0.0904. The van der Waals surface area contributed by atoms with Crippen LogP contribution in [0.4, 0.5) is 0 Å². The molecule has 2 N–H and O–H groups in total. The zero-order valence-electron chi connectivity index (χ0n) is 22.3. The summed E-state index contributed by atoms with van der Waals surface area (Å²) in [7, 11) is 0. The van der Waals surface area contributed by atoms with Crippen molar-refractivity contribution in [1.29, 1.82) is 0 Å². The number of aliphatic carboxylic acids is 2. The van der Waals surface area contributed by atoms with Gasteiger partial charge >= 0.3 is 11.9 Å². The average molecular weight is 499 g/mol. The number of thioether (sulfide) groups is 1. The Balaban J connectivity index is 3.99. The second kappa shape index (κ2) is 19.9. The fourth-order valence-corrected chi connectivity index (χ4v) is 5.15. The van der Waals surface area contributed by atoms with E-state index in [2.05, 4.69) is 40.7 Å². The van der Waals surface area contributed by atoms with Crippen LogP contribution in [0, 0.1) is 23.7 Å². The third-order valence-electron chi connectivity index (χ3n) is 6.45. The highest BCUT2D eigenvalue weighted by Gasteiger charge is 2.21. The van der Waals surface area contributed by atoms with E-state index in [0.717, 1.165) is 29.9 Å². The topological polar surface area (TPSA) is 91.7 Å². The summed E-state index contributed by atoms with van der Waals surface area (Å²) in [6.07, 6.45) is 13.3. The van der Waals surface area contributed by atoms with E-state index in [1.165, 1.54) is 68.7 Å². The Morgan fingerprint density at radius 1 is 0.794 bits per heavy atom. The summed E-state index contributed by atoms with van der Waals surface area (Å²) in [5, 5.41) is 18.0. The number of hydrogen-bond acceptors (Lipinski definition) is 4. The predicted octanol–water partition coefficient (Wildman–Crippen LogP) is 7.63. The molecule has 0 aromatic heterocycles. The summed E-state index contributed by atoms with van der Waals surface area (Å²) >= 11 is 1.52. The molecule has 0 aliphatic heterocycles. The molecule has 0 aromatic rings. The smallest absolute Gasteiger partial charge is 0.307 e. The normalized spacial score (nSPS) is 14.7. The number of allylic oxidation sites excluding steroid dienone is 1. The van der Waals surface area contributed by atoms with Crippen molar-refractivity contribution < 1.29 is 24.6 Å². The number of carboxylic acids is 2. The Morgan fingerprint density at radius 3 is 1.88 bits per heavy atom. The molecule has 3 unspecified atom stereocenters. The first-order chi connectivity index (χ1) is 16.0. The van der Waals surface area contributed by atoms with Gasteiger partial charge in [0.05, 0.1) is 12.3 Å². The number of Topliss-reactive ketones (excluding diaryl/α,β-unsaturated/α-hetero) is 1. The number of carbonyl (C=O) groups is 3. The Morgan fingerprint density at radius 2 is 1.35 bits per heavy atom. The van der Waals surface area contributed by atoms with Gasteiger partial charge in [0.2, 0.25) is 0 Å². The maximum Gasteiger partial charge on any atom is 0.307 e. The zero-order chi connectivity index (χ0) is 25.9. The standard InChI is InChI=1S/C28H50O5S/c1-21(2)9-6-10-22(3)11-7-12-23(4)13-8-14-24(5)17-18-34-20-25(28(32)33)19-26(29)15-16-27(30)31/h17,21-23,25H,6-16,18-20H2,1-5H3,(H,30,31)(H,32,33)/b24-17+. The van der Waals surface area contributed by atoms with Gasteiger partial charge in [-0.25, -0.2) is 0 Å². The third-order valence-corrected chi connectivity index (χ3v) is 7.49. The number of ketones is 1. The molecule has 198 valence electrons. The van der Waals surface area contributed by atoms with Gasteiger partial charge in [-0.1, -0.05) is 84.3 Å². The molecule has 0 bridgehead atoms. The predicted molar refractivity (Wildman–Crippen MR) is 143 cm³/mol. The summed E-state index contributed by atoms with van der Waals surface area (Å²) in [5.74, 6) is 0.460. The molecule has 5 nitrogen and oxygen atoms in total. The van der Waals surface area contributed by atoms with Crippen molar-refractivity contribution in [2.45, 2.75) is 112 Å². The zero-order valence-corrected chi connectivity index (χ0v) is 23.1. The Kier molecular flexibility index (Phi) is 19.2. The summed E-state index contributed by atoms with van der Waals surface area (Å²) in [6, 6.07) is 0. The SMILES string of the molecule is C/C(=C\CSCC(CC(=O)CCC(=O)O)C(=O)O)CCCC(C)CCCC(C)CCCC(C)C. The van der Waals surface area contributed by atoms with Crippen molar-refractivity contribution >= 4 is 29.5 Å². The molecule has 3 atom stereocenters. The summed E-state index contributed by atoms with van der Waals surface area (Å²) in [5.41, 5.74) is 1.34. The molecule has 0 amide bonds. The minimum Gasteiger partial charge on any atom is -0.481 e. The molecular weight excluding hydrogens is 448 g/mol. The lowest BCUT2D eigenvalue weighted by Gasteiger charge is -2.15. The Hall–Kier alpha value is -1.30. The summed E-state index contributed by atoms with van der Waals surface area (Å²) < 4.78 is 0. The van der Waals surface area contributed by atoms with Crippen molar-refractivity contribution in [3.8, 4) is 0 Å². The van der Waals surface area contributed by atoms with Crippen LogP contribution in [-0.2, 0) is 14.4 Å². The molecule has 0 aliphatic rings. The van der Waals surface area contributed by atoms with Crippen molar-refractivity contribution in [1.82, 2.24) is 0 Å². The molecular formula is C28H50O5S. The first-order valence-corrected chi connectivity index (χ1v) is 14.4. The van der Waals surface area contributed by atoms with Gasteiger partial charge in [-0.2, -0.15) is 11.8 Å². The van der Waals surface area contributed by atoms with Crippen LogP contribution in [0.2, 0.25) is 0 Å². The summed E-state index contributed by atoms with van der Waals surface area (Å²) in [4.78, 5) is 33.7. The lowest BCUT2D eigenvalue weighted by Crippen LogP contribution is -2.20. The molecule has 0 aliphatic carbocycles. The largest absolute Gasteiger partial charge is 0.481 e. The molecule has 0 aromatic carbocycles. The van der Waals surface area contributed by atoms with Crippen LogP contribution in [0.5, 0.6) is 0 Å². The van der Waals surface area contributed by atoms with E-state index in [1.807, 2.05) is 0 Å². The van der Waals surface area contributed by atoms with Crippen molar-refractivity contribution in [2.75, 3.05) is 11.5 Å². The van der Waals surface area contributed by atoms with Crippen LogP contribution in [0.25, 0.3) is 0 Å². The van der Waals surface area contributed by atoms with E-state index < -0.39 is 17.9 Å². The molecule has 0 heterocycles. The van der Waals surface area contributed by atoms with Crippen LogP contribution in [0.15, 0.2) is 11.6 Å². The van der Waals surface area contributed by atoms with Crippen LogP contribution in [0.1, 0.15) is 112 Å². The number of rotatable bonds is 22. The fourth-order valence-electron chi connectivity index (χ4n) is 4.06. The van der Waals surface area contributed by atoms with Crippen LogP contribution in [0.3, 0.4) is 0 Å². The highest BCUT2D eigenvalue weighted by atomic mass is 32.2. The second-order valence-corrected chi connectivity index (χ2v) is 11.7. The summed E-state index contributed by atoms with van der Waals surface area (Å²) in [6.45, 7) is 11.5. The number of hydrogen-bond donors (Lipinski definition) is 2. The molecule has 34 heavy (non-hydrogen) atoms. The maximum absolute atomic E-state index is 11.8. The Bertz CT molecular complexity index is 614. The lowest BCUT2D eigenvalue weighted by atomic mass is 9.91. The van der Waals surface area contributed by atoms with Gasteiger partial charge in [0, 0.05) is 24.3 Å². The van der Waals surface area contributed by atoms with E-state index >= 15 is 0 Å². The van der Waals surface area contributed by atoms with Gasteiger partial charge in [0.15, 0.2) is 0 Å². The van der Waals surface area contributed by atoms with Gasteiger partial charge in [0.25, 0.3) is 0 Å². The minimum atomic E-state index is -1.04. The quantitative estimate of drug-likeness (QED) is 0.118. The molecule has 0 saturated carbocycles. The van der Waals surface area contributed by atoms with Crippen molar-refractivity contribution in [3.63, 3.8) is 0 Å². The molecule has 0 saturated heterocycles. The van der Waals surface area contributed by atoms with E-state index in [4.69, 9.17) is 5.11 Å². The van der Waals surface area contributed by atoms with Crippen molar-refractivity contribution in [3.05, 3.63) is 11.6 Å². The highest BCUT2D eigenvalue weighted by molar-refractivity contribution is 7.99. The lowest BCUT2D eigenvalue weighted by molar-refractivity contribution is -0.143. The monoisotopic (exact) mass is 498 g/mol. The van der Waals surface area contributed by atoms with E-state index in [1.54, 1.807) is 0 Å². The average Bonchev–Trinajstić information content (AvgIpc) is 2.73. The first kappa shape index (κ1) is 32.7. The third kappa shape index (κ3) is 20.1. The van der Waals surface area contributed by atoms with Crippen LogP contribution >= 0.6 is 11.8 Å². The van der Waals surface area contributed by atoms with E-state index in [9.17, 15) is 19.5 Å². The number of carbonyl (C=O) groups excluding carboxylic acids is 1. The molecule has 0 spiro atoms. The van der Waals surface area contributed by atoms with Crippen LogP contribution in [-0.4, -0.2) is 39.4 Å². The fraction of sp³-hybridized carbons (Fsp3) is 0.821. The molecule has 0 rings (SSSR count). The second-order valence-electron chi connectivity index (χ2n) is 10.6. The van der Waals surface area contributed by atoms with Crippen molar-refractivity contribution in [2.24, 2.45) is 23.7 Å². The van der Waals surface area contributed by atoms with Gasteiger partial charge in [0.1, 0.15) is 5.78 Å². The van der Waals surface area contributed by atoms with Gasteiger partial charge < -0.3 is 10.2 Å². The molecule has 0 radical (unpaired) electrons. The molecule has 6 heteroatoms. The Labute approximate surface area is 212 Å². The van der Waals surface area contributed by atoms with E-state index in [0.29, 0.717) is 5.75 Å². The number of carboxylic acid groups (broad SMARTS) is 2. The first-order valence-electron chi connectivity index (χ1n) is 13.2. The van der Waals surface area contributed by atoms with Gasteiger partial charge in [-0.05, 0) is 37.5 Å². The highest BCUT2D eigenvalue weighted by Crippen LogP contribution is 2.22. The van der Waals surface area contributed by atoms with Gasteiger partial charge in [-0.15, -0.1) is 0 Å².